The predicted octanol–water partition coefficient (Wildman–Crippen LogP) is 19.4. The number of furan rings is 1. The number of anilines is 3. The minimum Gasteiger partial charge on any atom is -0.455 e. The first kappa shape index (κ1) is 40.6. The third kappa shape index (κ3) is 5.10. The van der Waals surface area contributed by atoms with Crippen LogP contribution in [-0.4, -0.2) is 0 Å². The maximum Gasteiger partial charge on any atom is 0.143 e. The number of rotatable bonds is 4. The Morgan fingerprint density at radius 3 is 1.46 bits per heavy atom. The monoisotopic (exact) mass is 941 g/mol. The van der Waals surface area contributed by atoms with Crippen LogP contribution in [0, 0.1) is 0 Å². The molecule has 13 aromatic rings. The van der Waals surface area contributed by atoms with Gasteiger partial charge in [-0.3, -0.25) is 0 Å². The molecule has 1 fully saturated rings. The van der Waals surface area contributed by atoms with Crippen molar-refractivity contribution in [2.75, 3.05) is 4.90 Å². The largest absolute Gasteiger partial charge is 0.455 e. The molecule has 17 rings (SSSR count). The van der Waals surface area contributed by atoms with Gasteiger partial charge < -0.3 is 9.32 Å². The highest BCUT2D eigenvalue weighted by atomic mass is 16.3. The molecule has 2 spiro atoms. The minimum absolute atomic E-state index is 0.114. The molecule has 0 aliphatic heterocycles. The standard InChI is InChI=1S/C72H47NO/c1-2-21-47-45(19-1)46-20-3-4-22-48(46)58-41-44(37-38-49(47)58)73(66-35-18-28-55-52-25-5-10-31-61(52)71(69(55)66)39-15-16-40-71)67-43-65-59(42-60(67)57-30-17-29-56-54-27-9-14-36-68(54)74-70(56)57)53-26-8-13-34-64(53)72(65)62-32-11-6-23-50(62)51-24-7-12-33-63(51)72/h1-14,17-38,41-43H,15-16,39-40H2. The van der Waals surface area contributed by atoms with Gasteiger partial charge in [0, 0.05) is 33.0 Å². The Bertz CT molecular complexity index is 4500. The number of nitrogens with zero attached hydrogens (tertiary/aromatic N) is 1. The van der Waals surface area contributed by atoms with Gasteiger partial charge in [0.2, 0.25) is 0 Å². The van der Waals surface area contributed by atoms with Gasteiger partial charge in [0.25, 0.3) is 0 Å². The lowest BCUT2D eigenvalue weighted by molar-refractivity contribution is 0.550. The molecule has 4 aliphatic rings. The molecule has 0 N–H and O–H groups in total. The van der Waals surface area contributed by atoms with Crippen LogP contribution in [0.4, 0.5) is 17.1 Å². The van der Waals surface area contributed by atoms with Crippen LogP contribution in [0.25, 0.3) is 98.8 Å². The fourth-order valence-corrected chi connectivity index (χ4v) is 15.2. The lowest BCUT2D eigenvalue weighted by Crippen LogP contribution is -2.27. The Labute approximate surface area is 429 Å². The van der Waals surface area contributed by atoms with E-state index < -0.39 is 5.41 Å². The molecule has 1 saturated carbocycles. The topological polar surface area (TPSA) is 16.4 Å². The number of para-hydroxylation sites is 2. The first-order valence-corrected chi connectivity index (χ1v) is 26.5. The smallest absolute Gasteiger partial charge is 0.143 e. The van der Waals surface area contributed by atoms with E-state index in [1.807, 2.05) is 0 Å². The first-order valence-electron chi connectivity index (χ1n) is 26.5. The van der Waals surface area contributed by atoms with Gasteiger partial charge in [0.15, 0.2) is 0 Å². The van der Waals surface area contributed by atoms with Crippen LogP contribution in [0.3, 0.4) is 0 Å². The molecule has 2 heteroatoms. The quantitative estimate of drug-likeness (QED) is 0.164. The third-order valence-electron chi connectivity index (χ3n) is 18.0. The van der Waals surface area contributed by atoms with Crippen molar-refractivity contribution in [1.29, 1.82) is 0 Å². The van der Waals surface area contributed by atoms with Crippen molar-refractivity contribution >= 4 is 71.3 Å². The van der Waals surface area contributed by atoms with Gasteiger partial charge in [-0.1, -0.05) is 213 Å². The van der Waals surface area contributed by atoms with Gasteiger partial charge in [-0.2, -0.15) is 0 Å². The average molecular weight is 942 g/mol. The van der Waals surface area contributed by atoms with Gasteiger partial charge in [0.1, 0.15) is 11.2 Å². The van der Waals surface area contributed by atoms with E-state index in [1.165, 1.54) is 118 Å². The summed E-state index contributed by atoms with van der Waals surface area (Å²) in [5.74, 6) is 0. The van der Waals surface area contributed by atoms with E-state index in [1.54, 1.807) is 0 Å². The molecule has 0 bridgehead atoms. The van der Waals surface area contributed by atoms with Crippen LogP contribution < -0.4 is 4.90 Å². The van der Waals surface area contributed by atoms with Crippen LogP contribution >= 0.6 is 0 Å². The summed E-state index contributed by atoms with van der Waals surface area (Å²) in [6, 6.07) is 89.8. The van der Waals surface area contributed by atoms with Crippen molar-refractivity contribution in [3.8, 4) is 44.5 Å². The van der Waals surface area contributed by atoms with Gasteiger partial charge in [-0.05, 0) is 148 Å². The number of hydrogen-bond donors (Lipinski definition) is 0. The lowest BCUT2D eigenvalue weighted by Gasteiger charge is -2.36. The molecule has 12 aromatic carbocycles. The Morgan fingerprint density at radius 1 is 0.311 bits per heavy atom. The van der Waals surface area contributed by atoms with Crippen LogP contribution in [0.2, 0.25) is 0 Å². The number of fused-ring (bicyclic) bond motifs is 24. The summed E-state index contributed by atoms with van der Waals surface area (Å²) in [6.45, 7) is 0. The van der Waals surface area contributed by atoms with Crippen molar-refractivity contribution in [2.24, 2.45) is 0 Å². The van der Waals surface area contributed by atoms with E-state index in [0.717, 1.165) is 57.3 Å². The van der Waals surface area contributed by atoms with E-state index in [2.05, 4.69) is 241 Å². The molecule has 74 heavy (non-hydrogen) atoms. The van der Waals surface area contributed by atoms with Crippen LogP contribution in [0.15, 0.2) is 241 Å². The molecule has 2 nitrogen and oxygen atoms in total. The predicted molar refractivity (Wildman–Crippen MR) is 307 cm³/mol. The molecule has 0 radical (unpaired) electrons. The molecular formula is C72H47NO. The summed E-state index contributed by atoms with van der Waals surface area (Å²) < 4.78 is 7.08. The van der Waals surface area contributed by atoms with Gasteiger partial charge in [-0.25, -0.2) is 0 Å². The average Bonchev–Trinajstić information content (AvgIpc) is 4.41. The Hall–Kier alpha value is -8.98. The van der Waals surface area contributed by atoms with Crippen molar-refractivity contribution in [3.63, 3.8) is 0 Å². The Morgan fingerprint density at radius 2 is 0.797 bits per heavy atom. The molecule has 0 atom stereocenters. The van der Waals surface area contributed by atoms with Crippen molar-refractivity contribution in [1.82, 2.24) is 0 Å². The molecule has 0 unspecified atom stereocenters. The van der Waals surface area contributed by atoms with Gasteiger partial charge in [-0.15, -0.1) is 0 Å². The molecule has 1 heterocycles. The SMILES string of the molecule is c1ccc2c(c1)-c1cccc(N(c3ccc4c5ccccc5c5ccccc5c4c3)c3cc4c(cc3-c3cccc5c3oc3ccccc35)-c3ccccc3C43c4ccccc4-c4ccccc43)c1C21CCCC1. The van der Waals surface area contributed by atoms with Gasteiger partial charge in [0.05, 0.1) is 16.8 Å². The normalized spacial score (nSPS) is 15.0. The van der Waals surface area contributed by atoms with E-state index in [9.17, 15) is 0 Å². The van der Waals surface area contributed by atoms with Crippen LogP contribution in [0.1, 0.15) is 59.1 Å². The zero-order chi connectivity index (χ0) is 48.3. The summed E-state index contributed by atoms with van der Waals surface area (Å²) in [6.07, 6.45) is 4.65. The summed E-state index contributed by atoms with van der Waals surface area (Å²) in [5.41, 5.74) is 22.9. The van der Waals surface area contributed by atoms with Crippen LogP contribution in [-0.2, 0) is 10.8 Å². The third-order valence-corrected chi connectivity index (χ3v) is 18.0. The highest BCUT2D eigenvalue weighted by Crippen LogP contribution is 2.66. The Balaban J connectivity index is 1.06. The second-order valence-electron chi connectivity index (χ2n) is 21.3. The minimum atomic E-state index is -0.552. The first-order chi connectivity index (χ1) is 36.7. The summed E-state index contributed by atoms with van der Waals surface area (Å²) in [4.78, 5) is 2.69. The van der Waals surface area contributed by atoms with Crippen molar-refractivity contribution < 1.29 is 4.42 Å². The van der Waals surface area contributed by atoms with E-state index in [-0.39, 0.29) is 5.41 Å². The van der Waals surface area contributed by atoms with E-state index >= 15 is 0 Å². The van der Waals surface area contributed by atoms with E-state index in [4.69, 9.17) is 4.42 Å². The molecule has 0 saturated heterocycles. The van der Waals surface area contributed by atoms with E-state index in [0.29, 0.717) is 0 Å². The van der Waals surface area contributed by atoms with Crippen molar-refractivity contribution in [2.45, 2.75) is 36.5 Å². The van der Waals surface area contributed by atoms with Crippen molar-refractivity contribution in [3.05, 3.63) is 270 Å². The molecule has 346 valence electrons. The summed E-state index contributed by atoms with van der Waals surface area (Å²) >= 11 is 0. The summed E-state index contributed by atoms with van der Waals surface area (Å²) in [7, 11) is 0. The number of hydrogen-bond acceptors (Lipinski definition) is 2. The Kier molecular flexibility index (Phi) is 8.13. The molecular weight excluding hydrogens is 895 g/mol. The fraction of sp³-hybridized carbons (Fsp3) is 0.0833. The molecule has 0 amide bonds. The molecule has 4 aliphatic carbocycles. The highest BCUT2D eigenvalue weighted by molar-refractivity contribution is 6.26. The fourth-order valence-electron chi connectivity index (χ4n) is 15.2. The van der Waals surface area contributed by atoms with Crippen LogP contribution in [0.5, 0.6) is 0 Å². The lowest BCUT2D eigenvalue weighted by atomic mass is 9.70. The summed E-state index contributed by atoms with van der Waals surface area (Å²) in [5, 5.41) is 9.84. The second kappa shape index (κ2) is 14.8. The second-order valence-corrected chi connectivity index (χ2v) is 21.3. The maximum absolute atomic E-state index is 7.08. The highest BCUT2D eigenvalue weighted by Gasteiger charge is 2.53. The maximum atomic E-state index is 7.08. The van der Waals surface area contributed by atoms with Gasteiger partial charge >= 0.3 is 0 Å². The number of benzene rings is 12. The zero-order valence-electron chi connectivity index (χ0n) is 40.7. The zero-order valence-corrected chi connectivity index (χ0v) is 40.7. The molecule has 1 aromatic heterocycles.